The molecule has 2 heterocycles. The molecule has 2 aliphatic rings. The fraction of sp³-hybridized carbons (Fsp3) is 0.378. The van der Waals surface area contributed by atoms with E-state index < -0.39 is 183 Å². The van der Waals surface area contributed by atoms with Crippen molar-refractivity contribution >= 4 is 35.3 Å². The predicted molar refractivity (Wildman–Crippen MR) is 362 cm³/mol. The minimum absolute atomic E-state index is 0.0264. The first-order valence-corrected chi connectivity index (χ1v) is 32.2. The Balaban J connectivity index is 0.000000265. The van der Waals surface area contributed by atoms with E-state index in [1.54, 1.807) is 24.3 Å². The number of thioether (sulfide) groups is 2. The smallest absolute Gasteiger partial charge is 0.336 e. The molecule has 0 aliphatic heterocycles. The van der Waals surface area contributed by atoms with Crippen molar-refractivity contribution in [3.63, 3.8) is 0 Å². The lowest BCUT2D eigenvalue weighted by molar-refractivity contribution is -0.138. The minimum atomic E-state index is -5.25. The van der Waals surface area contributed by atoms with Gasteiger partial charge in [-0.1, -0.05) is 149 Å². The molecule has 2 amide bonds. The van der Waals surface area contributed by atoms with Crippen LogP contribution in [0.3, 0.4) is 0 Å². The van der Waals surface area contributed by atoms with Crippen LogP contribution in [-0.4, -0.2) is 103 Å². The molecular weight excluding hydrogens is 1280 g/mol. The number of likely N-dealkylation sites (N-methyl/N-ethyl adjacent to an activating group) is 2. The summed E-state index contributed by atoms with van der Waals surface area (Å²) in [6.45, 7) is 4.80. The Morgan fingerprint density at radius 1 is 0.573 bits per heavy atom. The summed E-state index contributed by atoms with van der Waals surface area (Å²) in [5.41, 5.74) is -11.7. The third kappa shape index (κ3) is 19.0. The van der Waals surface area contributed by atoms with Gasteiger partial charge in [0.2, 0.25) is 11.8 Å². The van der Waals surface area contributed by atoms with Gasteiger partial charge in [0.25, 0.3) is 11.1 Å². The highest BCUT2D eigenvalue weighted by Crippen LogP contribution is 2.35. The van der Waals surface area contributed by atoms with E-state index in [4.69, 9.17) is 21.9 Å². The van der Waals surface area contributed by atoms with Gasteiger partial charge in [-0.15, -0.1) is 0 Å². The normalized spacial score (nSPS) is 19.0. The van der Waals surface area contributed by atoms with Gasteiger partial charge in [-0.3, -0.25) is 19.2 Å². The van der Waals surface area contributed by atoms with Crippen molar-refractivity contribution in [2.75, 3.05) is 52.4 Å². The Hall–Kier alpha value is -7.92. The van der Waals surface area contributed by atoms with E-state index in [-0.39, 0.29) is 90.8 Å². The average molecular weight is 1380 g/mol. The minimum Gasteiger partial charge on any atom is -0.336 e. The largest absolute Gasteiger partial charge is 0.416 e. The number of aromatic nitrogens is 4. The Morgan fingerprint density at radius 2 is 1.03 bits per heavy atom. The Bertz CT molecular complexity index is 5100. The number of carbonyl (C=O) groups is 2. The highest BCUT2D eigenvalue weighted by molar-refractivity contribution is 7.98. The van der Waals surface area contributed by atoms with Crippen LogP contribution in [0.5, 0.6) is 0 Å². The molecule has 6 aromatic carbocycles. The summed E-state index contributed by atoms with van der Waals surface area (Å²) in [6.07, 6.45) is -15.2. The molecule has 0 radical (unpaired) electrons. The number of hydrogen-bond acceptors (Lipinski definition) is 10. The summed E-state index contributed by atoms with van der Waals surface area (Å²) in [5, 5.41) is -1.29. The maximum atomic E-state index is 14.7. The van der Waals surface area contributed by atoms with Crippen LogP contribution in [0, 0.1) is 24.5 Å². The molecule has 508 valence electrons. The van der Waals surface area contributed by atoms with Crippen molar-refractivity contribution in [3.8, 4) is 22.3 Å². The number of halogens is 8. The Morgan fingerprint density at radius 3 is 1.53 bits per heavy atom. The number of fused-ring (bicyclic) bond motifs is 2. The molecule has 0 saturated carbocycles. The van der Waals surface area contributed by atoms with Gasteiger partial charge >= 0.3 is 12.4 Å². The van der Waals surface area contributed by atoms with E-state index in [1.807, 2.05) is 37.5 Å². The number of rotatable bonds is 26. The molecule has 2 aliphatic carbocycles. The molecule has 0 bridgehead atoms. The second kappa shape index (κ2) is 32.9. The Kier molecular flexibility index (Phi) is 17.0. The van der Waals surface area contributed by atoms with Gasteiger partial charge in [-0.05, 0) is 170 Å². The summed E-state index contributed by atoms with van der Waals surface area (Å²) >= 11 is 0.487. The molecule has 0 saturated heterocycles. The number of carbonyl (C=O) groups excluding carboxylic acids is 2. The highest BCUT2D eigenvalue weighted by atomic mass is 32.2. The summed E-state index contributed by atoms with van der Waals surface area (Å²) in [4.78, 5) is 70.2. The maximum absolute atomic E-state index is 14.7. The van der Waals surface area contributed by atoms with Crippen LogP contribution >= 0.6 is 23.5 Å². The van der Waals surface area contributed by atoms with E-state index in [2.05, 4.69) is 9.97 Å². The van der Waals surface area contributed by atoms with Crippen LogP contribution in [0.4, 0.5) is 35.1 Å². The molecule has 0 spiro atoms. The average Bonchev–Trinajstić information content (AvgIpc) is 1.51. The van der Waals surface area contributed by atoms with Gasteiger partial charge in [-0.25, -0.2) is 8.78 Å². The molecule has 2 aromatic heterocycles. The van der Waals surface area contributed by atoms with Crippen molar-refractivity contribution in [2.45, 2.75) is 134 Å². The van der Waals surface area contributed by atoms with Crippen molar-refractivity contribution in [1.29, 1.82) is 0 Å². The number of benzene rings is 6. The summed E-state index contributed by atoms with van der Waals surface area (Å²) in [7, 11) is 0. The number of amides is 2. The number of hydrogen-bond donors (Lipinski definition) is 0. The lowest BCUT2D eigenvalue weighted by Gasteiger charge is -2.28. The van der Waals surface area contributed by atoms with Crippen LogP contribution in [0.1, 0.15) is 130 Å². The highest BCUT2D eigenvalue weighted by Gasteiger charge is 2.33. The van der Waals surface area contributed by atoms with Crippen LogP contribution in [-0.2, 0) is 85.0 Å². The second-order valence-electron chi connectivity index (χ2n) is 22.0. The van der Waals surface area contributed by atoms with Crippen LogP contribution in [0.25, 0.3) is 22.3 Å². The molecule has 12 nitrogen and oxygen atoms in total. The van der Waals surface area contributed by atoms with E-state index >= 15 is 0 Å². The second-order valence-corrected chi connectivity index (χ2v) is 23.5. The zero-order valence-corrected chi connectivity index (χ0v) is 54.6. The molecule has 1 unspecified atom stereocenters. The van der Waals surface area contributed by atoms with E-state index in [0.29, 0.717) is 65.6 Å². The monoisotopic (exact) mass is 1380 g/mol. The topological polar surface area (TPSA) is 117 Å². The van der Waals surface area contributed by atoms with Gasteiger partial charge in [0.05, 0.1) is 26.2 Å². The van der Waals surface area contributed by atoms with Gasteiger partial charge in [0.15, 0.2) is 10.3 Å². The van der Waals surface area contributed by atoms with Gasteiger partial charge in [-0.2, -0.15) is 36.3 Å². The molecular formula is C74H80F8N8O4S2. The van der Waals surface area contributed by atoms with Gasteiger partial charge in [0, 0.05) is 85.5 Å². The summed E-state index contributed by atoms with van der Waals surface area (Å²) in [5.74, 6) is -6.56. The third-order valence-electron chi connectivity index (χ3n) is 15.6. The van der Waals surface area contributed by atoms with Crippen molar-refractivity contribution in [2.24, 2.45) is 5.89 Å². The molecule has 0 N–H and O–H groups in total. The number of nitrogens with zero attached hydrogens (tertiary/aromatic N) is 8. The molecule has 10 rings (SSSR count). The lowest BCUT2D eigenvalue weighted by atomic mass is 9.98. The fourth-order valence-corrected chi connectivity index (χ4v) is 11.6. The first-order valence-electron chi connectivity index (χ1n) is 40.5. The lowest BCUT2D eigenvalue weighted by Crippen LogP contribution is -2.40. The molecule has 22 heteroatoms. The van der Waals surface area contributed by atoms with Crippen molar-refractivity contribution < 1.29 is 72.1 Å². The van der Waals surface area contributed by atoms with E-state index in [1.165, 1.54) is 31.2 Å². The standard InChI is InChI=1S/2C37H40F4N4O2S/c1-4-43(5-2)18-19-44(22-26-6-10-28(11-7-26)29-12-14-30(15-13-29)37(39,40)41)34(46)23-45-33-21-25(3)20-32(33)35(47)42-36(45)48-24-27-8-16-31(38)17-9-27;1-4-43(5-2)19-20-44(22-29-12-11-28(21-25(29)3)27-13-15-30(16-14-27)37(39,40)41)34(46)23-45-33-8-6-7-32(33)35(47)42-36(45)48-24-26-9-17-31(38)18-10-26/h6-17,25H,4-5,18-24H2,1-3H3;9-18,21H,4-8,19-20,22-24H2,1-3H3/i20D2,21D2,23D2,24D2,25D;11D,12D,13D,14D,15D,16D,21D,23D2,24D2. The third-order valence-corrected chi connectivity index (χ3v) is 17.2. The van der Waals surface area contributed by atoms with E-state index in [0.717, 1.165) is 69.8 Å². The van der Waals surface area contributed by atoms with Crippen LogP contribution in [0.15, 0.2) is 159 Å². The van der Waals surface area contributed by atoms with Crippen LogP contribution in [0.2, 0.25) is 0 Å². The SMILES string of the molecule is [2H]C([2H])(Sc1nc(=O)c2c(n1C([2H])([2H])C(=O)N(CCN(CC)CC)Cc1ccc(-c3ccc(C(F)(F)F)cc3)cc1)C([2H])([2H])C([2H])(C)C2([2H])[2H])c1ccc(F)cc1.[2H]c1c([2H])c(-c2c([2H])c([2H])c(C(F)(F)F)c([2H])c2[2H])c([2H])c(C)c1CN(CCN(CC)CC)C(=O)C([2H])([2H])n1c(SC([2H])([2H])c2ccc(F)cc2)nc(=O)c2c1CCC2. The first-order chi connectivity index (χ1) is 53.7. The summed E-state index contributed by atoms with van der Waals surface area (Å²) in [6, 6.07) is 12.3. The first kappa shape index (κ1) is 49.6. The van der Waals surface area contributed by atoms with Gasteiger partial charge in [0.1, 0.15) is 24.6 Å². The maximum Gasteiger partial charge on any atom is 0.416 e. The summed E-state index contributed by atoms with van der Waals surface area (Å²) < 4.78 is 285. The molecule has 96 heavy (non-hydrogen) atoms. The zero-order chi connectivity index (χ0) is 86.6. The molecule has 8 aromatic rings. The van der Waals surface area contributed by atoms with E-state index in [9.17, 15) is 59.8 Å². The van der Waals surface area contributed by atoms with Crippen molar-refractivity contribution in [3.05, 3.63) is 233 Å². The number of alkyl halides is 6. The molecule has 0 fully saturated rings. The zero-order valence-electron chi connectivity index (χ0n) is 73.0. The van der Waals surface area contributed by atoms with Gasteiger partial charge < -0.3 is 28.7 Å². The quantitative estimate of drug-likeness (QED) is 0.0295. The van der Waals surface area contributed by atoms with Crippen molar-refractivity contribution in [1.82, 2.24) is 38.7 Å². The Labute approximate surface area is 591 Å². The molecule has 1 atom stereocenters. The van der Waals surface area contributed by atoms with Crippen LogP contribution < -0.4 is 11.1 Å². The fourth-order valence-electron chi connectivity index (χ4n) is 10.1. The predicted octanol–water partition coefficient (Wildman–Crippen LogP) is 15.0.